The summed E-state index contributed by atoms with van der Waals surface area (Å²) in [6.45, 7) is 2.48. The van der Waals surface area contributed by atoms with Gasteiger partial charge in [-0.3, -0.25) is 29.4 Å². The summed E-state index contributed by atoms with van der Waals surface area (Å²) in [6, 6.07) is 6.36. The lowest BCUT2D eigenvalue weighted by molar-refractivity contribution is -0.386. The number of esters is 1. The molecule has 2 amide bonds. The van der Waals surface area contributed by atoms with Gasteiger partial charge in [0, 0.05) is 24.3 Å². The number of nitro benzene ring substituents is 1. The number of carbonyl (C=O) groups excluding carboxylic acids is 3. The number of amides is 2. The molecule has 2 atom stereocenters. The van der Waals surface area contributed by atoms with Gasteiger partial charge in [0.1, 0.15) is 36.1 Å². The van der Waals surface area contributed by atoms with Gasteiger partial charge in [0.2, 0.25) is 0 Å². The van der Waals surface area contributed by atoms with Gasteiger partial charge < -0.3 is 24.3 Å². The molecule has 1 saturated heterocycles. The van der Waals surface area contributed by atoms with Crippen LogP contribution in [0.4, 0.5) is 5.69 Å². The minimum absolute atomic E-state index is 0.0443. The predicted octanol–water partition coefficient (Wildman–Crippen LogP) is 1.99. The highest BCUT2D eigenvalue weighted by Crippen LogP contribution is 2.40. The van der Waals surface area contributed by atoms with Crippen LogP contribution in [0.1, 0.15) is 28.8 Å². The largest absolute Gasteiger partial charge is 0.479 e. The Morgan fingerprint density at radius 1 is 1.27 bits per heavy atom. The summed E-state index contributed by atoms with van der Waals surface area (Å²) in [5.74, 6) is -2.89. The van der Waals surface area contributed by atoms with E-state index in [9.17, 15) is 34.4 Å². The van der Waals surface area contributed by atoms with Crippen LogP contribution in [0.3, 0.4) is 0 Å². The number of β-lactam (4-membered cyclic amide) rings is 1. The number of fused-ring (bicyclic) bond motifs is 1. The van der Waals surface area contributed by atoms with Crippen LogP contribution in [-0.2, 0) is 25.7 Å². The van der Waals surface area contributed by atoms with Gasteiger partial charge in [0.15, 0.2) is 11.5 Å². The number of carboxylic acid groups (broad SMARTS) is 1. The second kappa shape index (κ2) is 10.3. The Labute approximate surface area is 213 Å². The zero-order valence-electron chi connectivity index (χ0n) is 19.6. The molecule has 2 aliphatic heterocycles. The van der Waals surface area contributed by atoms with Crippen molar-refractivity contribution in [3.63, 3.8) is 0 Å². The Hall–Kier alpha value is -4.33. The van der Waals surface area contributed by atoms with E-state index < -0.39 is 40.1 Å². The molecule has 0 radical (unpaired) electrons. The summed E-state index contributed by atoms with van der Waals surface area (Å²) in [5.41, 5.74) is 0.519. The van der Waals surface area contributed by atoms with Crippen molar-refractivity contribution in [3.8, 4) is 5.75 Å². The first-order valence-electron chi connectivity index (χ1n) is 10.9. The number of nitrogens with one attached hydrogen (secondary N) is 1. The average molecular weight is 531 g/mol. The molecular formula is C23H21N3O10S. The smallest absolute Gasteiger partial charge is 0.352 e. The van der Waals surface area contributed by atoms with Crippen LogP contribution in [-0.4, -0.2) is 62.5 Å². The fourth-order valence-corrected chi connectivity index (χ4v) is 5.14. The summed E-state index contributed by atoms with van der Waals surface area (Å²) in [6.07, 6.45) is 0. The number of nitro groups is 1. The van der Waals surface area contributed by atoms with Crippen molar-refractivity contribution < 1.29 is 43.1 Å². The number of rotatable bonds is 9. The molecule has 2 aromatic rings. The first-order valence-corrected chi connectivity index (χ1v) is 11.9. The number of hydrogen-bond acceptors (Lipinski definition) is 10. The number of nitrogens with zero attached hydrogens (tertiary/aromatic N) is 2. The first kappa shape index (κ1) is 25.8. The molecule has 2 N–H and O–H groups in total. The van der Waals surface area contributed by atoms with Crippen LogP contribution in [0.25, 0.3) is 0 Å². The number of carbonyl (C=O) groups is 4. The number of ether oxygens (including phenoxy) is 2. The van der Waals surface area contributed by atoms with Crippen LogP contribution in [0, 0.1) is 17.0 Å². The lowest BCUT2D eigenvalue weighted by Crippen LogP contribution is -2.70. The van der Waals surface area contributed by atoms with Crippen molar-refractivity contribution in [1.82, 2.24) is 10.2 Å². The summed E-state index contributed by atoms with van der Waals surface area (Å²) in [4.78, 5) is 60.0. The minimum atomic E-state index is -1.34. The van der Waals surface area contributed by atoms with Crippen molar-refractivity contribution >= 4 is 41.2 Å². The van der Waals surface area contributed by atoms with Gasteiger partial charge in [-0.1, -0.05) is 6.07 Å². The van der Waals surface area contributed by atoms with Gasteiger partial charge in [-0.25, -0.2) is 4.79 Å². The van der Waals surface area contributed by atoms with Crippen molar-refractivity contribution in [3.05, 3.63) is 68.8 Å². The molecule has 37 heavy (non-hydrogen) atoms. The minimum Gasteiger partial charge on any atom is -0.479 e. The third-order valence-corrected chi connectivity index (χ3v) is 6.89. The number of thioether (sulfide) groups is 1. The SMILES string of the molecule is CC(=O)OCC1=C(C(=O)O)N2C(=O)[C@H](NC(=O)c3ccc(COc4ccc(C)cc4[N+](=O)[O-])o3)[C@@H]2SC1. The maximum Gasteiger partial charge on any atom is 0.352 e. The molecule has 2 aliphatic rings. The van der Waals surface area contributed by atoms with Crippen molar-refractivity contribution in [2.45, 2.75) is 31.9 Å². The lowest BCUT2D eigenvalue weighted by Gasteiger charge is -2.49. The average Bonchev–Trinajstić information content (AvgIpc) is 3.33. The molecule has 1 fully saturated rings. The summed E-state index contributed by atoms with van der Waals surface area (Å²) < 4.78 is 15.9. The zero-order chi connectivity index (χ0) is 26.9. The highest BCUT2D eigenvalue weighted by atomic mass is 32.2. The van der Waals surface area contributed by atoms with E-state index in [-0.39, 0.29) is 53.2 Å². The number of carboxylic acids is 1. The third kappa shape index (κ3) is 5.28. The highest BCUT2D eigenvalue weighted by Gasteiger charge is 2.54. The van der Waals surface area contributed by atoms with E-state index in [0.717, 1.165) is 4.90 Å². The van der Waals surface area contributed by atoms with Crippen molar-refractivity contribution in [1.29, 1.82) is 0 Å². The van der Waals surface area contributed by atoms with Crippen LogP contribution in [0.5, 0.6) is 5.75 Å². The molecule has 0 unspecified atom stereocenters. The normalized spacial score (nSPS) is 18.5. The summed E-state index contributed by atoms with van der Waals surface area (Å²) >= 11 is 1.23. The van der Waals surface area contributed by atoms with E-state index >= 15 is 0 Å². The van der Waals surface area contributed by atoms with Gasteiger partial charge in [0.25, 0.3) is 11.8 Å². The lowest BCUT2D eigenvalue weighted by atomic mass is 10.0. The molecule has 0 aliphatic carbocycles. The van der Waals surface area contributed by atoms with Gasteiger partial charge in [-0.2, -0.15) is 0 Å². The highest BCUT2D eigenvalue weighted by molar-refractivity contribution is 8.00. The zero-order valence-corrected chi connectivity index (χ0v) is 20.4. The van der Waals surface area contributed by atoms with Gasteiger partial charge in [-0.15, -0.1) is 11.8 Å². The van der Waals surface area contributed by atoms with Crippen LogP contribution in [0.2, 0.25) is 0 Å². The molecule has 14 heteroatoms. The number of furan rings is 1. The van der Waals surface area contributed by atoms with Crippen molar-refractivity contribution in [2.75, 3.05) is 12.4 Å². The summed E-state index contributed by atoms with van der Waals surface area (Å²) in [7, 11) is 0. The maximum atomic E-state index is 12.7. The maximum absolute atomic E-state index is 12.7. The Morgan fingerprint density at radius 2 is 2.03 bits per heavy atom. The van der Waals surface area contributed by atoms with Crippen LogP contribution in [0.15, 0.2) is 46.0 Å². The van der Waals surface area contributed by atoms with E-state index in [4.69, 9.17) is 13.9 Å². The number of aliphatic carboxylic acids is 1. The Kier molecular flexibility index (Phi) is 7.20. The Balaban J connectivity index is 1.39. The fourth-order valence-electron chi connectivity index (χ4n) is 3.81. The molecule has 194 valence electrons. The first-order chi connectivity index (χ1) is 17.6. The molecule has 1 aromatic carbocycles. The van der Waals surface area contributed by atoms with E-state index in [1.807, 2.05) is 0 Å². The molecule has 13 nitrogen and oxygen atoms in total. The third-order valence-electron chi connectivity index (χ3n) is 5.55. The quantitative estimate of drug-likeness (QED) is 0.209. The second-order valence-corrected chi connectivity index (χ2v) is 9.29. The monoisotopic (exact) mass is 531 g/mol. The Morgan fingerprint density at radius 3 is 2.70 bits per heavy atom. The molecule has 1 aromatic heterocycles. The second-order valence-electron chi connectivity index (χ2n) is 8.18. The van der Waals surface area contributed by atoms with Crippen molar-refractivity contribution in [2.24, 2.45) is 0 Å². The van der Waals surface area contributed by atoms with E-state index in [2.05, 4.69) is 5.32 Å². The van der Waals surface area contributed by atoms with E-state index in [0.29, 0.717) is 5.56 Å². The predicted molar refractivity (Wildman–Crippen MR) is 127 cm³/mol. The number of benzene rings is 1. The van der Waals surface area contributed by atoms with E-state index in [1.54, 1.807) is 13.0 Å². The fraction of sp³-hybridized carbons (Fsp3) is 0.304. The van der Waals surface area contributed by atoms with Gasteiger partial charge in [0.05, 0.1) is 4.92 Å². The molecular weight excluding hydrogens is 510 g/mol. The Bertz CT molecular complexity index is 1330. The topological polar surface area (TPSA) is 179 Å². The van der Waals surface area contributed by atoms with Crippen LogP contribution < -0.4 is 10.1 Å². The molecule has 4 rings (SSSR count). The standard InChI is InChI=1S/C23H21N3O10S/c1-11-3-5-16(15(7-11)26(32)33)35-9-14-4-6-17(36-14)20(28)24-18-21(29)25-19(23(30)31)13(8-34-12(2)27)10-37-22(18)25/h3-7,18,22H,8-10H2,1-2H3,(H,24,28)(H,30,31)/t18-,22-/m0/s1. The van der Waals surface area contributed by atoms with E-state index in [1.165, 1.54) is 43.0 Å². The molecule has 0 saturated carbocycles. The van der Waals surface area contributed by atoms with Gasteiger partial charge >= 0.3 is 17.6 Å². The van der Waals surface area contributed by atoms with Gasteiger partial charge in [-0.05, 0) is 30.7 Å². The van der Waals surface area contributed by atoms with Crippen LogP contribution >= 0.6 is 11.8 Å². The number of aryl methyl sites for hydroxylation is 1. The molecule has 0 spiro atoms. The summed E-state index contributed by atoms with van der Waals surface area (Å²) in [5, 5.41) is 22.7. The molecule has 3 heterocycles. The molecule has 0 bridgehead atoms. The number of hydrogen-bond donors (Lipinski definition) is 2.